The average Bonchev–Trinajstić information content (AvgIpc) is 2.41. The Balaban J connectivity index is 2.27. The normalized spacial score (nSPS) is 11.7. The van der Waals surface area contributed by atoms with Crippen LogP contribution in [0.3, 0.4) is 0 Å². The summed E-state index contributed by atoms with van der Waals surface area (Å²) in [6.07, 6.45) is 3.35. The van der Waals surface area contributed by atoms with Crippen molar-refractivity contribution in [1.29, 1.82) is 5.26 Å². The maximum atomic E-state index is 9.14. The molecule has 96 valence electrons. The smallest absolute Gasteiger partial charge is 0.101 e. The molecule has 0 saturated carbocycles. The van der Waals surface area contributed by atoms with E-state index in [1.807, 2.05) is 26.0 Å². The van der Waals surface area contributed by atoms with Gasteiger partial charge in [-0.15, -0.1) is 0 Å². The highest BCUT2D eigenvalue weighted by Crippen LogP contribution is 2.24. The summed E-state index contributed by atoms with van der Waals surface area (Å²) in [6.45, 7) is 3.92. The Morgan fingerprint density at radius 1 is 1.32 bits per heavy atom. The molecule has 1 aromatic carbocycles. The van der Waals surface area contributed by atoms with Crippen molar-refractivity contribution in [2.75, 3.05) is 5.32 Å². The van der Waals surface area contributed by atoms with Gasteiger partial charge >= 0.3 is 0 Å². The summed E-state index contributed by atoms with van der Waals surface area (Å²) < 4.78 is 0.887. The second kappa shape index (κ2) is 5.81. The van der Waals surface area contributed by atoms with Crippen LogP contribution in [-0.2, 0) is 0 Å². The van der Waals surface area contributed by atoms with Gasteiger partial charge in [-0.2, -0.15) is 5.26 Å². The van der Waals surface area contributed by atoms with Crippen LogP contribution in [0, 0.1) is 18.3 Å². The number of hydrogen-bond acceptors (Lipinski definition) is 4. The molecule has 0 aliphatic heterocycles. The van der Waals surface area contributed by atoms with Gasteiger partial charge in [0, 0.05) is 16.9 Å². The van der Waals surface area contributed by atoms with E-state index < -0.39 is 0 Å². The number of hydrogen-bond donors (Lipinski definition) is 1. The average molecular weight is 317 g/mol. The van der Waals surface area contributed by atoms with Crippen LogP contribution in [-0.4, -0.2) is 9.97 Å². The maximum absolute atomic E-state index is 9.14. The van der Waals surface area contributed by atoms with E-state index in [1.54, 1.807) is 18.5 Å². The molecular formula is C14H13BrN4. The molecule has 19 heavy (non-hydrogen) atoms. The lowest BCUT2D eigenvalue weighted by molar-refractivity contribution is 0.809. The van der Waals surface area contributed by atoms with E-state index in [-0.39, 0.29) is 6.04 Å². The molecular weight excluding hydrogens is 304 g/mol. The predicted octanol–water partition coefficient (Wildman–Crippen LogP) is 3.59. The van der Waals surface area contributed by atoms with Crippen molar-refractivity contribution in [1.82, 2.24) is 9.97 Å². The van der Waals surface area contributed by atoms with Gasteiger partial charge in [0.25, 0.3) is 0 Å². The molecule has 4 nitrogen and oxygen atoms in total. The van der Waals surface area contributed by atoms with Gasteiger partial charge < -0.3 is 5.32 Å². The number of rotatable bonds is 3. The number of halogens is 1. The minimum Gasteiger partial charge on any atom is -0.376 e. The van der Waals surface area contributed by atoms with Gasteiger partial charge in [0.15, 0.2) is 0 Å². The van der Waals surface area contributed by atoms with Crippen molar-refractivity contribution >= 4 is 21.6 Å². The first kappa shape index (κ1) is 13.5. The molecule has 1 atom stereocenters. The Labute approximate surface area is 120 Å². The number of aromatic nitrogens is 2. The van der Waals surface area contributed by atoms with E-state index in [2.05, 4.69) is 37.3 Å². The Hall–Kier alpha value is -1.93. The molecule has 1 N–H and O–H groups in total. The minimum atomic E-state index is -0.0121. The van der Waals surface area contributed by atoms with E-state index in [0.29, 0.717) is 5.56 Å². The number of nitriles is 1. The Morgan fingerprint density at radius 3 is 2.74 bits per heavy atom. The second-order valence-electron chi connectivity index (χ2n) is 4.19. The van der Waals surface area contributed by atoms with Gasteiger partial charge in [-0.25, -0.2) is 0 Å². The third-order valence-electron chi connectivity index (χ3n) is 2.80. The molecule has 0 aliphatic rings. The van der Waals surface area contributed by atoms with Gasteiger partial charge in [-0.3, -0.25) is 9.97 Å². The highest BCUT2D eigenvalue weighted by atomic mass is 79.9. The fraction of sp³-hybridized carbons (Fsp3) is 0.214. The lowest BCUT2D eigenvalue weighted by atomic mass is 10.1. The van der Waals surface area contributed by atoms with Gasteiger partial charge in [-0.05, 0) is 32.0 Å². The molecule has 0 amide bonds. The molecule has 1 unspecified atom stereocenters. The number of anilines is 1. The fourth-order valence-electron chi connectivity index (χ4n) is 1.88. The van der Waals surface area contributed by atoms with Crippen molar-refractivity contribution in [2.24, 2.45) is 0 Å². The lowest BCUT2D eigenvalue weighted by Gasteiger charge is -2.17. The summed E-state index contributed by atoms with van der Waals surface area (Å²) in [5, 5.41) is 12.4. The van der Waals surface area contributed by atoms with Crippen molar-refractivity contribution in [2.45, 2.75) is 19.9 Å². The van der Waals surface area contributed by atoms with E-state index in [0.717, 1.165) is 21.5 Å². The largest absolute Gasteiger partial charge is 0.376 e. The highest BCUT2D eigenvalue weighted by molar-refractivity contribution is 9.10. The molecule has 0 radical (unpaired) electrons. The number of benzene rings is 1. The SMILES string of the molecule is Cc1nccnc1C(C)Nc1ccc(Br)cc1C#N. The molecule has 5 heteroatoms. The summed E-state index contributed by atoms with van der Waals surface area (Å²) in [6, 6.07) is 7.74. The van der Waals surface area contributed by atoms with Gasteiger partial charge in [0.1, 0.15) is 6.07 Å². The van der Waals surface area contributed by atoms with Gasteiger partial charge in [-0.1, -0.05) is 15.9 Å². The van der Waals surface area contributed by atoms with E-state index in [4.69, 9.17) is 5.26 Å². The molecule has 0 fully saturated rings. The summed E-state index contributed by atoms with van der Waals surface area (Å²) in [4.78, 5) is 8.55. The minimum absolute atomic E-state index is 0.0121. The van der Waals surface area contributed by atoms with E-state index >= 15 is 0 Å². The van der Waals surface area contributed by atoms with Crippen molar-refractivity contribution in [3.05, 3.63) is 52.0 Å². The van der Waals surface area contributed by atoms with Crippen molar-refractivity contribution in [3.63, 3.8) is 0 Å². The summed E-state index contributed by atoms with van der Waals surface area (Å²) >= 11 is 3.36. The second-order valence-corrected chi connectivity index (χ2v) is 5.11. The zero-order chi connectivity index (χ0) is 13.8. The van der Waals surface area contributed by atoms with Crippen LogP contribution < -0.4 is 5.32 Å². The van der Waals surface area contributed by atoms with Crippen LogP contribution in [0.2, 0.25) is 0 Å². The number of nitrogens with one attached hydrogen (secondary N) is 1. The van der Waals surface area contributed by atoms with Crippen LogP contribution >= 0.6 is 15.9 Å². The first-order valence-electron chi connectivity index (χ1n) is 5.85. The van der Waals surface area contributed by atoms with E-state index in [9.17, 15) is 0 Å². The fourth-order valence-corrected chi connectivity index (χ4v) is 2.24. The monoisotopic (exact) mass is 316 g/mol. The molecule has 2 rings (SSSR count). The first-order valence-corrected chi connectivity index (χ1v) is 6.65. The van der Waals surface area contributed by atoms with Gasteiger partial charge in [0.2, 0.25) is 0 Å². The number of nitrogens with zero attached hydrogens (tertiary/aromatic N) is 3. The molecule has 1 heterocycles. The zero-order valence-corrected chi connectivity index (χ0v) is 12.3. The Morgan fingerprint density at radius 2 is 2.05 bits per heavy atom. The molecule has 0 bridgehead atoms. The van der Waals surface area contributed by atoms with Crippen molar-refractivity contribution in [3.8, 4) is 6.07 Å². The summed E-state index contributed by atoms with van der Waals surface area (Å²) in [7, 11) is 0. The highest BCUT2D eigenvalue weighted by Gasteiger charge is 2.12. The van der Waals surface area contributed by atoms with Crippen LogP contribution in [0.4, 0.5) is 5.69 Å². The molecule has 2 aromatic rings. The lowest BCUT2D eigenvalue weighted by Crippen LogP contribution is -2.11. The first-order chi connectivity index (χ1) is 9.11. The Bertz CT molecular complexity index is 634. The third kappa shape index (κ3) is 3.09. The van der Waals surface area contributed by atoms with Crippen LogP contribution in [0.25, 0.3) is 0 Å². The molecule has 0 aliphatic carbocycles. The molecule has 1 aromatic heterocycles. The standard InChI is InChI=1S/C14H13BrN4/c1-9-14(18-6-5-17-9)10(2)19-13-4-3-12(15)7-11(13)8-16/h3-7,10,19H,1-2H3. The predicted molar refractivity (Wildman–Crippen MR) is 77.7 cm³/mol. The van der Waals surface area contributed by atoms with Crippen LogP contribution in [0.1, 0.15) is 29.9 Å². The zero-order valence-electron chi connectivity index (χ0n) is 10.7. The Kier molecular flexibility index (Phi) is 4.13. The quantitative estimate of drug-likeness (QED) is 0.940. The maximum Gasteiger partial charge on any atom is 0.101 e. The van der Waals surface area contributed by atoms with E-state index in [1.165, 1.54) is 0 Å². The summed E-state index contributed by atoms with van der Waals surface area (Å²) in [5.74, 6) is 0. The summed E-state index contributed by atoms with van der Waals surface area (Å²) in [5.41, 5.74) is 3.17. The van der Waals surface area contributed by atoms with Crippen molar-refractivity contribution < 1.29 is 0 Å². The van der Waals surface area contributed by atoms with Crippen LogP contribution in [0.5, 0.6) is 0 Å². The third-order valence-corrected chi connectivity index (χ3v) is 3.30. The van der Waals surface area contributed by atoms with Crippen LogP contribution in [0.15, 0.2) is 35.1 Å². The van der Waals surface area contributed by atoms with Gasteiger partial charge in [0.05, 0.1) is 28.7 Å². The molecule has 0 saturated heterocycles. The molecule has 0 spiro atoms. The topological polar surface area (TPSA) is 61.6 Å². The number of aryl methyl sites for hydroxylation is 1.